The molecule has 1 fully saturated rings. The molecule has 0 aliphatic carbocycles. The molecule has 8 unspecified atom stereocenters. The summed E-state index contributed by atoms with van der Waals surface area (Å²) in [6.07, 6.45) is 8.92. The third-order valence-corrected chi connectivity index (χ3v) is 11.7. The minimum Gasteiger partial charge on any atom is -0.480 e. The van der Waals surface area contributed by atoms with Crippen molar-refractivity contribution in [3.8, 4) is 0 Å². The number of ether oxygens (including phenoxy) is 3. The largest absolute Gasteiger partial charge is 0.480 e. The molecule has 0 saturated carbocycles. The number of carbonyl (C=O) groups excluding carboxylic acids is 5. The number of imide groups is 1. The first-order valence-corrected chi connectivity index (χ1v) is 23.4. The van der Waals surface area contributed by atoms with Crippen molar-refractivity contribution in [3.05, 3.63) is 71.8 Å². The minimum absolute atomic E-state index is 0.0204. The second-order valence-corrected chi connectivity index (χ2v) is 17.3. The van der Waals surface area contributed by atoms with E-state index in [9.17, 15) is 33.9 Å². The lowest BCUT2D eigenvalue weighted by Crippen LogP contribution is -2.58. The highest BCUT2D eigenvalue weighted by atomic mass is 16.6. The summed E-state index contributed by atoms with van der Waals surface area (Å²) >= 11 is 0. The molecule has 0 spiro atoms. The van der Waals surface area contributed by atoms with Crippen LogP contribution in [0.4, 0.5) is 9.59 Å². The lowest BCUT2D eigenvalue weighted by atomic mass is 9.90. The molecule has 6 amide bonds. The zero-order valence-electron chi connectivity index (χ0n) is 42.8. The number of hydrogen-bond acceptors (Lipinski definition) is 9. The molecule has 15 heteroatoms. The molecular formula is C51H85N5O10. The van der Waals surface area contributed by atoms with Gasteiger partial charge in [0, 0.05) is 34.9 Å². The molecule has 1 saturated heterocycles. The molecule has 1 aromatic carbocycles. The fraction of sp³-hybridized carbons (Fsp3) is 0.647. The number of carboxylic acids is 1. The summed E-state index contributed by atoms with van der Waals surface area (Å²) in [5.41, 5.74) is 2.74. The van der Waals surface area contributed by atoms with Crippen LogP contribution in [-0.4, -0.2) is 127 Å². The molecule has 2 rings (SSSR count). The van der Waals surface area contributed by atoms with Crippen molar-refractivity contribution < 1.29 is 48.1 Å². The molecule has 0 radical (unpaired) electrons. The van der Waals surface area contributed by atoms with E-state index in [0.717, 1.165) is 16.7 Å². The van der Waals surface area contributed by atoms with Crippen LogP contribution in [0.2, 0.25) is 0 Å². The fourth-order valence-electron chi connectivity index (χ4n) is 7.89. The molecule has 374 valence electrons. The number of rotatable bonds is 22. The summed E-state index contributed by atoms with van der Waals surface area (Å²) in [5.74, 6) is -3.90. The SMILES string of the molecule is C/C=C\C/C(=C\C)CC(NC(=O)C(C)C(OC)C1CCCN1C(=O)CC(OC)C(C(C)CC)N(C)C(=O)NC(=O)C(C(C)C)N(C)C(=O)OCc1ccc(C)cc1)C(=O)O.C=CC.CCC. The van der Waals surface area contributed by atoms with Crippen molar-refractivity contribution in [2.45, 2.75) is 164 Å². The van der Waals surface area contributed by atoms with Gasteiger partial charge in [-0.2, -0.15) is 0 Å². The number of nitrogens with zero attached hydrogens (tertiary/aromatic N) is 3. The van der Waals surface area contributed by atoms with E-state index >= 15 is 0 Å². The van der Waals surface area contributed by atoms with Crippen LogP contribution >= 0.6 is 0 Å². The molecule has 8 atom stereocenters. The third-order valence-electron chi connectivity index (χ3n) is 11.7. The Morgan fingerprint density at radius 1 is 0.924 bits per heavy atom. The zero-order chi connectivity index (χ0) is 50.7. The topological polar surface area (TPSA) is 184 Å². The van der Waals surface area contributed by atoms with E-state index in [1.807, 2.05) is 84.0 Å². The number of hydrogen-bond donors (Lipinski definition) is 3. The fourth-order valence-corrected chi connectivity index (χ4v) is 7.89. The molecule has 1 heterocycles. The van der Waals surface area contributed by atoms with E-state index in [4.69, 9.17) is 14.2 Å². The number of urea groups is 1. The predicted molar refractivity (Wildman–Crippen MR) is 262 cm³/mol. The summed E-state index contributed by atoms with van der Waals surface area (Å²) in [5, 5.41) is 15.1. The highest BCUT2D eigenvalue weighted by molar-refractivity contribution is 5.98. The first-order chi connectivity index (χ1) is 31.2. The number of likely N-dealkylation sites (N-methyl/N-ethyl adjacent to an activating group) is 2. The van der Waals surface area contributed by atoms with E-state index in [0.29, 0.717) is 32.2 Å². The minimum atomic E-state index is -1.15. The number of aryl methyl sites for hydroxylation is 1. The monoisotopic (exact) mass is 928 g/mol. The van der Waals surface area contributed by atoms with E-state index in [1.165, 1.54) is 37.5 Å². The summed E-state index contributed by atoms with van der Waals surface area (Å²) in [7, 11) is 5.95. The number of benzene rings is 1. The Morgan fingerprint density at radius 3 is 2.00 bits per heavy atom. The third kappa shape index (κ3) is 19.8. The van der Waals surface area contributed by atoms with Crippen LogP contribution in [0.5, 0.6) is 0 Å². The second-order valence-electron chi connectivity index (χ2n) is 17.3. The maximum absolute atomic E-state index is 14.2. The van der Waals surface area contributed by atoms with E-state index in [1.54, 1.807) is 38.8 Å². The molecule has 0 aromatic heterocycles. The van der Waals surface area contributed by atoms with Crippen LogP contribution in [0.25, 0.3) is 0 Å². The molecule has 1 aliphatic rings. The smallest absolute Gasteiger partial charge is 0.410 e. The Bertz CT molecular complexity index is 1710. The van der Waals surface area contributed by atoms with E-state index in [2.05, 4.69) is 31.1 Å². The number of carbonyl (C=O) groups is 6. The summed E-state index contributed by atoms with van der Waals surface area (Å²) < 4.78 is 17.3. The lowest BCUT2D eigenvalue weighted by molar-refractivity contribution is -0.145. The summed E-state index contributed by atoms with van der Waals surface area (Å²) in [6.45, 7) is 24.7. The number of allylic oxidation sites excluding steroid dienone is 4. The standard InChI is InChI=1S/C45H71N5O10.C3H8.C3H6/c1-13-16-18-32(15-3)25-34(43(54)55)46-41(52)31(8)40(59-12)35-19-17-24-50(35)37(51)26-36(58-11)39(30(7)14-2)48(9)44(56)47-42(53)38(28(4)5)49(10)45(57)60-27-33-22-20-29(6)21-23-33;2*1-3-2/h13,15-16,20-23,28,30-31,34-36,38-40H,14,17-19,24-27H2,1-12H3,(H,46,52)(H,54,55)(H,47,53,56);3H2,1-2H3;3H,1H2,2H3/b16-13-,32-15+;;. The van der Waals surface area contributed by atoms with Gasteiger partial charge in [0.05, 0.1) is 36.6 Å². The van der Waals surface area contributed by atoms with Crippen molar-refractivity contribution in [1.82, 2.24) is 25.3 Å². The van der Waals surface area contributed by atoms with E-state index in [-0.39, 0.29) is 37.2 Å². The van der Waals surface area contributed by atoms with E-state index < -0.39 is 72.2 Å². The van der Waals surface area contributed by atoms with Gasteiger partial charge in [-0.05, 0) is 70.8 Å². The van der Waals surface area contributed by atoms with Crippen molar-refractivity contribution in [2.24, 2.45) is 17.8 Å². The first kappa shape index (κ1) is 61.0. The number of aliphatic carboxylic acids is 1. The van der Waals surface area contributed by atoms with Crippen molar-refractivity contribution >= 4 is 35.8 Å². The highest BCUT2D eigenvalue weighted by Gasteiger charge is 2.43. The molecule has 1 aromatic rings. The Hall–Kier alpha value is -5.02. The van der Waals surface area contributed by atoms with Crippen molar-refractivity contribution in [1.29, 1.82) is 0 Å². The van der Waals surface area contributed by atoms with Gasteiger partial charge in [0.15, 0.2) is 0 Å². The Kier molecular flexibility index (Phi) is 30.1. The molecular weight excluding hydrogens is 843 g/mol. The van der Waals surface area contributed by atoms with Crippen LogP contribution in [0.3, 0.4) is 0 Å². The van der Waals surface area contributed by atoms with Gasteiger partial charge >= 0.3 is 18.1 Å². The van der Waals surface area contributed by atoms with Crippen LogP contribution in [0.1, 0.15) is 125 Å². The van der Waals surface area contributed by atoms with Crippen molar-refractivity contribution in [2.75, 3.05) is 34.9 Å². The van der Waals surface area contributed by atoms with Crippen LogP contribution in [-0.2, 0) is 40.0 Å². The average molecular weight is 928 g/mol. The normalized spacial score (nSPS) is 16.8. The van der Waals surface area contributed by atoms with Gasteiger partial charge in [-0.1, -0.05) is 121 Å². The van der Waals surface area contributed by atoms with Gasteiger partial charge in [0.1, 0.15) is 18.7 Å². The summed E-state index contributed by atoms with van der Waals surface area (Å²) in [4.78, 5) is 84.7. The molecule has 15 nitrogen and oxygen atoms in total. The first-order valence-electron chi connectivity index (χ1n) is 23.4. The highest BCUT2D eigenvalue weighted by Crippen LogP contribution is 2.29. The number of amides is 6. The maximum atomic E-state index is 14.2. The molecule has 1 aliphatic heterocycles. The van der Waals surface area contributed by atoms with Gasteiger partial charge in [0.2, 0.25) is 11.8 Å². The average Bonchev–Trinajstić information content (AvgIpc) is 3.76. The number of nitrogens with one attached hydrogen (secondary N) is 2. The maximum Gasteiger partial charge on any atom is 0.410 e. The summed E-state index contributed by atoms with van der Waals surface area (Å²) in [6, 6.07) is 3.55. The molecule has 3 N–H and O–H groups in total. The van der Waals surface area contributed by atoms with Crippen LogP contribution < -0.4 is 10.6 Å². The number of methoxy groups -OCH3 is 2. The van der Waals surface area contributed by atoms with Crippen molar-refractivity contribution in [3.63, 3.8) is 0 Å². The zero-order valence-corrected chi connectivity index (χ0v) is 42.8. The van der Waals surface area contributed by atoms with Gasteiger partial charge in [-0.15, -0.1) is 6.58 Å². The lowest BCUT2D eigenvalue weighted by Gasteiger charge is -2.39. The van der Waals surface area contributed by atoms with Crippen LogP contribution in [0, 0.1) is 24.7 Å². The molecule has 66 heavy (non-hydrogen) atoms. The predicted octanol–water partition coefficient (Wildman–Crippen LogP) is 8.70. The number of carboxylic acid groups (broad SMARTS) is 1. The van der Waals surface area contributed by atoms with Gasteiger partial charge in [0.25, 0.3) is 5.91 Å². The number of likely N-dealkylation sites (tertiary alicyclic amines) is 1. The van der Waals surface area contributed by atoms with Gasteiger partial charge < -0.3 is 34.4 Å². The quantitative estimate of drug-likeness (QED) is 0.0951. The van der Waals surface area contributed by atoms with Gasteiger partial charge in [-0.25, -0.2) is 14.4 Å². The Labute approximate surface area is 396 Å². The second kappa shape index (κ2) is 32.6. The Balaban J connectivity index is 0.00000665. The molecule has 0 bridgehead atoms. The Morgan fingerprint density at radius 2 is 1.52 bits per heavy atom. The van der Waals surface area contributed by atoms with Crippen LogP contribution in [0.15, 0.2) is 60.7 Å². The van der Waals surface area contributed by atoms with Gasteiger partial charge in [-0.3, -0.25) is 24.6 Å².